The van der Waals surface area contributed by atoms with Crippen molar-refractivity contribution in [3.63, 3.8) is 0 Å². The van der Waals surface area contributed by atoms with Crippen LogP contribution in [0.3, 0.4) is 0 Å². The van der Waals surface area contributed by atoms with Gasteiger partial charge in [0.2, 0.25) is 0 Å². The molecule has 0 aliphatic carbocycles. The number of nitrogens with two attached hydrogens (primary N) is 1. The van der Waals surface area contributed by atoms with Gasteiger partial charge in [-0.2, -0.15) is 0 Å². The number of benzene rings is 2. The predicted molar refractivity (Wildman–Crippen MR) is 104 cm³/mol. The number of aliphatic hydroxyl groups is 1. The number of rotatable bonds is 8. The minimum absolute atomic E-state index is 0.362. The van der Waals surface area contributed by atoms with E-state index >= 15 is 0 Å². The second-order valence-electron chi connectivity index (χ2n) is 7.32. The molecule has 0 fully saturated rings. The first kappa shape index (κ1) is 19.5. The van der Waals surface area contributed by atoms with Gasteiger partial charge < -0.3 is 15.6 Å². The summed E-state index contributed by atoms with van der Waals surface area (Å²) < 4.78 is 6.02. The fourth-order valence-electron chi connectivity index (χ4n) is 3.04. The highest BCUT2D eigenvalue weighted by molar-refractivity contribution is 5.44. The molecule has 0 heterocycles. The van der Waals surface area contributed by atoms with Crippen molar-refractivity contribution in [1.82, 2.24) is 0 Å². The van der Waals surface area contributed by atoms with E-state index in [2.05, 4.69) is 26.0 Å². The number of aryl methyl sites for hydroxylation is 2. The molecule has 0 amide bonds. The zero-order valence-corrected chi connectivity index (χ0v) is 15.8. The van der Waals surface area contributed by atoms with Crippen LogP contribution in [0.15, 0.2) is 42.5 Å². The average Bonchev–Trinajstić information content (AvgIpc) is 2.59. The smallest absolute Gasteiger partial charge is 0.125 e. The molecule has 3 nitrogen and oxygen atoms in total. The van der Waals surface area contributed by atoms with Gasteiger partial charge in [-0.05, 0) is 54.9 Å². The lowest BCUT2D eigenvalue weighted by molar-refractivity contribution is 0.128. The van der Waals surface area contributed by atoms with Crippen LogP contribution in [0.4, 0.5) is 0 Å². The van der Waals surface area contributed by atoms with Gasteiger partial charge >= 0.3 is 0 Å². The van der Waals surface area contributed by atoms with Gasteiger partial charge in [0.05, 0.1) is 12.1 Å². The molecule has 2 atom stereocenters. The van der Waals surface area contributed by atoms with Crippen LogP contribution in [0.25, 0.3) is 0 Å². The Labute approximate surface area is 151 Å². The van der Waals surface area contributed by atoms with Crippen molar-refractivity contribution in [2.45, 2.75) is 59.3 Å². The third kappa shape index (κ3) is 5.58. The second-order valence-corrected chi connectivity index (χ2v) is 7.32. The minimum Gasteiger partial charge on any atom is -0.488 e. The highest BCUT2D eigenvalue weighted by atomic mass is 16.5. The molecule has 0 saturated heterocycles. The zero-order chi connectivity index (χ0) is 18.4. The Balaban J connectivity index is 2.08. The van der Waals surface area contributed by atoms with Gasteiger partial charge in [0.1, 0.15) is 12.4 Å². The molecule has 136 valence electrons. The van der Waals surface area contributed by atoms with E-state index in [9.17, 15) is 5.11 Å². The molecular formula is C22H31NO2. The van der Waals surface area contributed by atoms with E-state index in [1.807, 2.05) is 44.2 Å². The number of hydrogen-bond acceptors (Lipinski definition) is 3. The fraction of sp³-hybridized carbons (Fsp3) is 0.455. The number of ether oxygens (including phenoxy) is 1. The van der Waals surface area contributed by atoms with Crippen LogP contribution < -0.4 is 10.5 Å². The summed E-state index contributed by atoms with van der Waals surface area (Å²) in [6, 6.07) is 13.9. The van der Waals surface area contributed by atoms with Gasteiger partial charge in [-0.25, -0.2) is 0 Å². The van der Waals surface area contributed by atoms with Crippen LogP contribution in [-0.2, 0) is 6.61 Å². The topological polar surface area (TPSA) is 55.5 Å². The monoisotopic (exact) mass is 341 g/mol. The Morgan fingerprint density at radius 2 is 1.60 bits per heavy atom. The molecule has 2 aromatic carbocycles. The molecule has 0 unspecified atom stereocenters. The lowest BCUT2D eigenvalue weighted by Gasteiger charge is -2.22. The van der Waals surface area contributed by atoms with Gasteiger partial charge in [0, 0.05) is 0 Å². The molecule has 0 spiro atoms. The molecule has 2 rings (SSSR count). The number of aliphatic hydroxyl groups excluding tert-OH is 1. The molecule has 0 saturated carbocycles. The molecule has 0 aliphatic rings. The van der Waals surface area contributed by atoms with Crippen LogP contribution in [0.5, 0.6) is 5.75 Å². The SMILES string of the molecule is Cc1cc([C@@H](N)[C@@H](O)CCC(C)C)cc(C)c1OCc1ccccc1. The van der Waals surface area contributed by atoms with Gasteiger partial charge in [-0.15, -0.1) is 0 Å². The largest absolute Gasteiger partial charge is 0.488 e. The lowest BCUT2D eigenvalue weighted by atomic mass is 9.93. The minimum atomic E-state index is -0.516. The zero-order valence-electron chi connectivity index (χ0n) is 15.8. The van der Waals surface area contributed by atoms with Crippen LogP contribution in [0.1, 0.15) is 55.0 Å². The van der Waals surface area contributed by atoms with E-state index in [1.54, 1.807) is 0 Å². The highest BCUT2D eigenvalue weighted by Gasteiger charge is 2.19. The Morgan fingerprint density at radius 3 is 2.16 bits per heavy atom. The first-order chi connectivity index (χ1) is 11.9. The first-order valence-corrected chi connectivity index (χ1v) is 9.10. The summed E-state index contributed by atoms with van der Waals surface area (Å²) in [5, 5.41) is 10.4. The van der Waals surface area contributed by atoms with Crippen molar-refractivity contribution in [2.75, 3.05) is 0 Å². The Bertz CT molecular complexity index is 644. The lowest BCUT2D eigenvalue weighted by Crippen LogP contribution is -2.26. The maximum Gasteiger partial charge on any atom is 0.125 e. The standard InChI is InChI=1S/C22H31NO2/c1-15(2)10-11-20(24)21(23)19-12-16(3)22(17(4)13-19)25-14-18-8-6-5-7-9-18/h5-9,12-13,15,20-21,24H,10-11,14,23H2,1-4H3/t20-,21+/m0/s1. The average molecular weight is 341 g/mol. The summed E-state index contributed by atoms with van der Waals surface area (Å²) in [7, 11) is 0. The summed E-state index contributed by atoms with van der Waals surface area (Å²) in [4.78, 5) is 0. The van der Waals surface area contributed by atoms with Crippen LogP contribution >= 0.6 is 0 Å². The molecule has 3 N–H and O–H groups in total. The first-order valence-electron chi connectivity index (χ1n) is 9.10. The van der Waals surface area contributed by atoms with E-state index in [1.165, 1.54) is 0 Å². The highest BCUT2D eigenvalue weighted by Crippen LogP contribution is 2.29. The Hall–Kier alpha value is -1.84. The van der Waals surface area contributed by atoms with E-state index in [0.717, 1.165) is 40.8 Å². The maximum atomic E-state index is 10.4. The normalized spacial score (nSPS) is 13.7. The van der Waals surface area contributed by atoms with E-state index < -0.39 is 6.10 Å². The summed E-state index contributed by atoms with van der Waals surface area (Å²) in [5.74, 6) is 1.47. The van der Waals surface area contributed by atoms with Crippen molar-refractivity contribution >= 4 is 0 Å². The molecular weight excluding hydrogens is 310 g/mol. The second kappa shape index (κ2) is 9.02. The summed E-state index contributed by atoms with van der Waals surface area (Å²) >= 11 is 0. The molecule has 25 heavy (non-hydrogen) atoms. The Kier molecular flexibility index (Phi) is 7.03. The van der Waals surface area contributed by atoms with Gasteiger partial charge in [-0.1, -0.05) is 56.3 Å². The molecule has 0 aliphatic heterocycles. The third-order valence-electron chi connectivity index (χ3n) is 4.55. The van der Waals surface area contributed by atoms with Crippen molar-refractivity contribution < 1.29 is 9.84 Å². The van der Waals surface area contributed by atoms with E-state index in [4.69, 9.17) is 10.5 Å². The van der Waals surface area contributed by atoms with Crippen molar-refractivity contribution in [2.24, 2.45) is 11.7 Å². The maximum absolute atomic E-state index is 10.4. The molecule has 0 radical (unpaired) electrons. The van der Waals surface area contributed by atoms with Gasteiger partial charge in [0.15, 0.2) is 0 Å². The molecule has 0 aromatic heterocycles. The van der Waals surface area contributed by atoms with Crippen molar-refractivity contribution in [3.05, 3.63) is 64.7 Å². The summed E-state index contributed by atoms with van der Waals surface area (Å²) in [6.45, 7) is 8.93. The van der Waals surface area contributed by atoms with Crippen LogP contribution in [0.2, 0.25) is 0 Å². The molecule has 3 heteroatoms. The molecule has 2 aromatic rings. The van der Waals surface area contributed by atoms with E-state index in [-0.39, 0.29) is 6.04 Å². The molecule has 0 bridgehead atoms. The quantitative estimate of drug-likeness (QED) is 0.733. The van der Waals surface area contributed by atoms with Crippen molar-refractivity contribution in [3.8, 4) is 5.75 Å². The summed E-state index contributed by atoms with van der Waals surface area (Å²) in [6.07, 6.45) is 1.19. The van der Waals surface area contributed by atoms with Crippen molar-refractivity contribution in [1.29, 1.82) is 0 Å². The third-order valence-corrected chi connectivity index (χ3v) is 4.55. The predicted octanol–water partition coefficient (Wildman–Crippen LogP) is 4.68. The van der Waals surface area contributed by atoms with Gasteiger partial charge in [0.25, 0.3) is 0 Å². The summed E-state index contributed by atoms with van der Waals surface area (Å²) in [5.41, 5.74) is 10.5. The van der Waals surface area contributed by atoms with E-state index in [0.29, 0.717) is 12.5 Å². The fourth-order valence-corrected chi connectivity index (χ4v) is 3.04. The van der Waals surface area contributed by atoms with Crippen LogP contribution in [0, 0.1) is 19.8 Å². The number of hydrogen-bond donors (Lipinski definition) is 2. The van der Waals surface area contributed by atoms with Crippen LogP contribution in [-0.4, -0.2) is 11.2 Å². The van der Waals surface area contributed by atoms with Gasteiger partial charge in [-0.3, -0.25) is 0 Å². The Morgan fingerprint density at radius 1 is 1.00 bits per heavy atom.